The van der Waals surface area contributed by atoms with Crippen molar-refractivity contribution in [3.05, 3.63) is 169 Å². The molecule has 0 radical (unpaired) electrons. The Morgan fingerprint density at radius 3 is 1.31 bits per heavy atom. The number of anilines is 4. The molecule has 9 heterocycles. The van der Waals surface area contributed by atoms with Crippen LogP contribution in [0, 0.1) is 61.2 Å². The van der Waals surface area contributed by atoms with Crippen LogP contribution in [0.3, 0.4) is 0 Å². The Bertz CT molecular complexity index is 5370. The molecule has 4 aromatic heterocycles. The van der Waals surface area contributed by atoms with E-state index in [1.54, 1.807) is 18.5 Å². The standard InChI is InChI=1S/C27H34N4O2.C26H34N4O2.C25H29F3N4O2.C23H27F3N4O/c1-18-5-6-20-11-12-28-27(25(20)13-18)29-15-26(33)30-22-16-31(17-22)23-9-7-19(8-10-23)21-3-2-4-24(32)14-21;1-17-2-3-19-10-11-27-26(24(19)12-17)28-14-25(32)29-21-15-30(16-21)22-7-4-18(5-8-22)20-6-9-23(31)13-20;26-25(27,28)18-5-8-22-21(11-18)24(31-15-30-22)29-12-20(33)10-16-13-32(14-16)19-6-3-17(4-7-19)23-2-1-9-34-23;1-2-15-3-6-18(7-4-15)30-12-16(13-30)9-19(31)11-27-22-20-10-17(23(24,25)26)5-8-21(20)28-14-29-22/h2,4-6,11-13,19,21-23H,3,7-10,14-17H2,1H3,(H,28,29)(H,30,33);2-3,10-12,18,20-22H,4-9,13-16H2,1H3,(H,27,28)(H,29,32);1-2,5,8,11,15-17,19,23H,3-4,6-7,9-10,12-14H2,(H,29,30,31);2,5,8,10,14-16,18H,1,3-4,6-7,9,11-13H2,(H,27,28,29). The number of aromatic nitrogens is 6. The molecule has 0 spiro atoms. The molecule has 19 rings (SSSR count). The van der Waals surface area contributed by atoms with Crippen LogP contribution in [-0.4, -0.2) is 212 Å². The van der Waals surface area contributed by atoms with Crippen molar-refractivity contribution in [2.75, 3.05) is 106 Å². The average molecular weight is 1790 g/mol. The van der Waals surface area contributed by atoms with Crippen LogP contribution in [0.15, 0.2) is 147 Å². The van der Waals surface area contributed by atoms with Gasteiger partial charge >= 0.3 is 12.4 Å². The van der Waals surface area contributed by atoms with Crippen molar-refractivity contribution in [3.63, 3.8) is 0 Å². The van der Waals surface area contributed by atoms with Gasteiger partial charge in [0.15, 0.2) is 17.3 Å². The molecule has 9 fully saturated rings. The van der Waals surface area contributed by atoms with Crippen LogP contribution in [0.2, 0.25) is 0 Å². The number of ketones is 4. The van der Waals surface area contributed by atoms with E-state index in [1.807, 2.05) is 12.1 Å². The fourth-order valence-corrected chi connectivity index (χ4v) is 22.0. The second-order valence-electron chi connectivity index (χ2n) is 38.5. The predicted molar refractivity (Wildman–Crippen MR) is 494 cm³/mol. The minimum atomic E-state index is -4.45. The highest BCUT2D eigenvalue weighted by Gasteiger charge is 2.43. The largest absolute Gasteiger partial charge is 0.416 e. The summed E-state index contributed by atoms with van der Waals surface area (Å²) in [4.78, 5) is 108. The number of rotatable bonds is 26. The summed E-state index contributed by atoms with van der Waals surface area (Å²) in [6, 6.07) is 26.2. The topological polar surface area (TPSA) is 274 Å². The highest BCUT2D eigenvalue weighted by molar-refractivity contribution is 5.96. The number of alkyl halides is 6. The maximum atomic E-state index is 13.1. The van der Waals surface area contributed by atoms with Gasteiger partial charge in [0, 0.05) is 143 Å². The maximum absolute atomic E-state index is 13.1. The van der Waals surface area contributed by atoms with E-state index >= 15 is 0 Å². The van der Waals surface area contributed by atoms with E-state index in [0.717, 1.165) is 154 Å². The molecule has 2 amide bonds. The van der Waals surface area contributed by atoms with E-state index in [2.05, 4.69) is 163 Å². The summed E-state index contributed by atoms with van der Waals surface area (Å²) in [5.74, 6) is 7.54. The Kier molecular flexibility index (Phi) is 30.5. The Labute approximate surface area is 756 Å². The van der Waals surface area contributed by atoms with Crippen molar-refractivity contribution in [3.8, 4) is 0 Å². The van der Waals surface area contributed by atoms with Gasteiger partial charge in [-0.05, 0) is 254 Å². The molecule has 3 unspecified atom stereocenters. The summed E-state index contributed by atoms with van der Waals surface area (Å²) >= 11 is 0. The molecule has 6 N–H and O–H groups in total. The van der Waals surface area contributed by atoms with Crippen LogP contribution in [-0.2, 0) is 45.9 Å². The highest BCUT2D eigenvalue weighted by Crippen LogP contribution is 2.44. The Morgan fingerprint density at radius 1 is 0.454 bits per heavy atom. The Balaban J connectivity index is 0.000000127. The van der Waals surface area contributed by atoms with Crippen molar-refractivity contribution >= 4 is 102 Å². The van der Waals surface area contributed by atoms with Gasteiger partial charge in [0.1, 0.15) is 41.7 Å². The molecule has 5 aliphatic heterocycles. The number of aryl methyl sites for hydroxylation is 2. The number of amides is 2. The number of carbonyl (C=O) groups is 6. The minimum Gasteiger partial charge on any atom is -0.370 e. The summed E-state index contributed by atoms with van der Waals surface area (Å²) in [6.07, 6.45) is 32.6. The van der Waals surface area contributed by atoms with E-state index in [-0.39, 0.29) is 84.1 Å². The number of likely N-dealkylation sites (tertiary alicyclic amines) is 4. The summed E-state index contributed by atoms with van der Waals surface area (Å²) in [5, 5.41) is 23.5. The second kappa shape index (κ2) is 42.6. The quantitative estimate of drug-likeness (QED) is 0.0217. The van der Waals surface area contributed by atoms with Crippen LogP contribution in [0.5, 0.6) is 0 Å². The van der Waals surface area contributed by atoms with Gasteiger partial charge in [0.05, 0.1) is 73.1 Å². The zero-order valence-electron chi connectivity index (χ0n) is 74.7. The van der Waals surface area contributed by atoms with Gasteiger partial charge in [-0.3, -0.25) is 48.4 Å². The van der Waals surface area contributed by atoms with E-state index < -0.39 is 23.5 Å². The first-order valence-electron chi connectivity index (χ1n) is 47.3. The summed E-state index contributed by atoms with van der Waals surface area (Å²) in [6.45, 7) is 16.9. The lowest BCUT2D eigenvalue weighted by atomic mass is 9.73. The van der Waals surface area contributed by atoms with Gasteiger partial charge in [-0.2, -0.15) is 26.3 Å². The average Bonchev–Trinajstić information content (AvgIpc) is 0.900. The molecular formula is C101H124F6N16O7. The number of Topliss-reactive ketones (excluding diaryl/α,β-unsaturated/α-hetero) is 3. The molecule has 23 nitrogen and oxygen atoms in total. The van der Waals surface area contributed by atoms with Crippen LogP contribution in [0.1, 0.15) is 170 Å². The molecule has 4 saturated heterocycles. The fraction of sp³-hybridized carbons (Fsp3) is 0.545. The monoisotopic (exact) mass is 1790 g/mol. The normalized spacial score (nSPS) is 25.5. The zero-order valence-corrected chi connectivity index (χ0v) is 74.7. The number of benzene rings is 4. The number of allylic oxidation sites excluding steroid dienone is 3. The van der Waals surface area contributed by atoms with Gasteiger partial charge in [-0.1, -0.05) is 59.7 Å². The first kappa shape index (κ1) is 93.0. The zero-order chi connectivity index (χ0) is 90.6. The lowest BCUT2D eigenvalue weighted by molar-refractivity contribution is -0.138. The Morgan fingerprint density at radius 2 is 0.885 bits per heavy atom. The second-order valence-corrected chi connectivity index (χ2v) is 38.5. The lowest BCUT2D eigenvalue weighted by Gasteiger charge is -2.47. The number of carbonyl (C=O) groups excluding carboxylic acids is 6. The highest BCUT2D eigenvalue weighted by atomic mass is 19.4. The summed E-state index contributed by atoms with van der Waals surface area (Å²) < 4.78 is 84.1. The number of nitrogens with one attached hydrogen (secondary N) is 6. The molecule has 8 aromatic rings. The van der Waals surface area contributed by atoms with Crippen LogP contribution < -0.4 is 31.9 Å². The first-order valence-corrected chi connectivity index (χ1v) is 47.3. The molecular weight excluding hydrogens is 1660 g/mol. The molecule has 6 aliphatic carbocycles. The number of pyridine rings is 2. The van der Waals surface area contributed by atoms with E-state index in [9.17, 15) is 55.1 Å². The number of hydrogen-bond donors (Lipinski definition) is 6. The van der Waals surface area contributed by atoms with Crippen molar-refractivity contribution in [2.45, 2.75) is 216 Å². The van der Waals surface area contributed by atoms with E-state index in [4.69, 9.17) is 4.74 Å². The molecule has 0 bridgehead atoms. The van der Waals surface area contributed by atoms with Crippen LogP contribution in [0.25, 0.3) is 43.4 Å². The molecule has 130 heavy (non-hydrogen) atoms. The number of halogens is 6. The Hall–Kier alpha value is -10.2. The summed E-state index contributed by atoms with van der Waals surface area (Å²) in [5.41, 5.74) is 1.63. The predicted octanol–water partition coefficient (Wildman–Crippen LogP) is 16.7. The molecule has 11 aliphatic rings. The third kappa shape index (κ3) is 24.2. The number of nitrogens with zero attached hydrogens (tertiary/aromatic N) is 10. The molecule has 5 saturated carbocycles. The molecule has 4 aromatic carbocycles. The van der Waals surface area contributed by atoms with Gasteiger partial charge < -0.3 is 36.6 Å². The lowest BCUT2D eigenvalue weighted by Crippen LogP contribution is -2.63. The summed E-state index contributed by atoms with van der Waals surface area (Å²) in [7, 11) is 0. The van der Waals surface area contributed by atoms with Gasteiger partial charge in [0.25, 0.3) is 0 Å². The first-order chi connectivity index (χ1) is 62.8. The third-order valence-corrected chi connectivity index (χ3v) is 29.4. The minimum absolute atomic E-state index is 0.0184. The van der Waals surface area contributed by atoms with Gasteiger partial charge in [-0.15, -0.1) is 6.58 Å². The van der Waals surface area contributed by atoms with E-state index in [0.29, 0.717) is 107 Å². The van der Waals surface area contributed by atoms with Crippen molar-refractivity contribution < 1.29 is 59.8 Å². The van der Waals surface area contributed by atoms with Crippen LogP contribution >= 0.6 is 0 Å². The number of ether oxygens (including phenoxy) is 1. The van der Waals surface area contributed by atoms with Gasteiger partial charge in [0.2, 0.25) is 11.8 Å². The SMILES string of the molecule is C=CC1CCC(N2CC(CC(=O)CNc3ncnc4ccc(C(F)(F)F)cc34)C2)CC1.Cc1ccc2ccnc(NCC(=O)NC3CN(C4CCC(C5CC=CC(=O)C5)CC4)C3)c2c1.Cc1ccc2ccnc(NCC(=O)NC3CN(C4CCC(C5CCC(=O)C5)CC4)C3)c2c1.O=C(CNc1ncnc2ccc(C(F)(F)F)cc12)CC1CN(C2CCC(C3C=CCO3)CC2)C1. The molecule has 29 heteroatoms. The third-order valence-electron chi connectivity index (χ3n) is 29.4. The maximum Gasteiger partial charge on any atom is 0.416 e. The van der Waals surface area contributed by atoms with Crippen molar-refractivity contribution in [1.82, 2.24) is 60.1 Å². The van der Waals surface area contributed by atoms with Crippen molar-refractivity contribution in [1.29, 1.82) is 0 Å². The van der Waals surface area contributed by atoms with E-state index in [1.165, 1.54) is 139 Å². The molecule has 3 atom stereocenters. The number of fused-ring (bicyclic) bond motifs is 4. The smallest absolute Gasteiger partial charge is 0.370 e. The van der Waals surface area contributed by atoms with Crippen LogP contribution in [0.4, 0.5) is 49.6 Å². The van der Waals surface area contributed by atoms with Crippen molar-refractivity contribution in [2.24, 2.45) is 47.3 Å². The molecule has 692 valence electrons. The fourth-order valence-electron chi connectivity index (χ4n) is 22.0. The van der Waals surface area contributed by atoms with Gasteiger partial charge in [-0.25, -0.2) is 29.9 Å². The number of hydrogen-bond acceptors (Lipinski definition) is 21.